The molecule has 146 valence electrons. The second-order valence-electron chi connectivity index (χ2n) is 7.24. The molecule has 1 aromatic heterocycles. The zero-order chi connectivity index (χ0) is 18.2. The Morgan fingerprint density at radius 2 is 2.00 bits per heavy atom. The van der Waals surface area contributed by atoms with Crippen molar-refractivity contribution in [3.8, 4) is 0 Å². The second kappa shape index (κ2) is 9.95. The average molecular weight is 396 g/mol. The summed E-state index contributed by atoms with van der Waals surface area (Å²) in [6, 6.07) is 0. The summed E-state index contributed by atoms with van der Waals surface area (Å²) in [5.74, 6) is 3.45. The molecule has 7 heteroatoms. The number of nitrogens with one attached hydrogen (secondary N) is 2. The standard InChI is InChI=1S/C19H33N5S2/c1-3-16-13-21-17(26-16)14-22-18(20-2)23-15-19(7-5-4-6-8-19)24-9-11-25-12-10-24/h13H,3-12,14-15H2,1-2H3,(H2,20,22,23). The van der Waals surface area contributed by atoms with Crippen molar-refractivity contribution in [1.29, 1.82) is 0 Å². The van der Waals surface area contributed by atoms with Crippen LogP contribution < -0.4 is 10.6 Å². The highest BCUT2D eigenvalue weighted by Crippen LogP contribution is 2.34. The van der Waals surface area contributed by atoms with Crippen LogP contribution in [0.4, 0.5) is 0 Å². The number of nitrogens with zero attached hydrogens (tertiary/aromatic N) is 3. The van der Waals surface area contributed by atoms with Gasteiger partial charge >= 0.3 is 0 Å². The van der Waals surface area contributed by atoms with E-state index in [2.05, 4.69) is 44.2 Å². The molecule has 5 nitrogen and oxygen atoms in total. The average Bonchev–Trinajstić information content (AvgIpc) is 3.18. The van der Waals surface area contributed by atoms with E-state index in [1.807, 2.05) is 13.2 Å². The van der Waals surface area contributed by atoms with Gasteiger partial charge in [0.15, 0.2) is 5.96 Å². The number of guanidine groups is 1. The summed E-state index contributed by atoms with van der Waals surface area (Å²) in [5, 5.41) is 8.21. The van der Waals surface area contributed by atoms with Crippen LogP contribution in [0.15, 0.2) is 11.2 Å². The molecule has 2 N–H and O–H groups in total. The minimum absolute atomic E-state index is 0.313. The van der Waals surface area contributed by atoms with Crippen molar-refractivity contribution in [2.45, 2.75) is 57.5 Å². The van der Waals surface area contributed by atoms with Gasteiger partial charge in [-0.05, 0) is 19.3 Å². The molecule has 2 heterocycles. The molecular weight excluding hydrogens is 362 g/mol. The summed E-state index contributed by atoms with van der Waals surface area (Å²) in [5.41, 5.74) is 0.313. The molecule has 0 unspecified atom stereocenters. The number of aliphatic imine (C=N–C) groups is 1. The van der Waals surface area contributed by atoms with E-state index in [1.165, 1.54) is 61.6 Å². The summed E-state index contributed by atoms with van der Waals surface area (Å²) in [4.78, 5) is 13.0. The van der Waals surface area contributed by atoms with Gasteiger partial charge in [-0.1, -0.05) is 26.2 Å². The van der Waals surface area contributed by atoms with Crippen molar-refractivity contribution in [1.82, 2.24) is 20.5 Å². The van der Waals surface area contributed by atoms with E-state index in [1.54, 1.807) is 11.3 Å². The van der Waals surface area contributed by atoms with Gasteiger partial charge in [0.05, 0.1) is 6.54 Å². The van der Waals surface area contributed by atoms with Crippen molar-refractivity contribution >= 4 is 29.1 Å². The second-order valence-corrected chi connectivity index (χ2v) is 9.66. The predicted molar refractivity (Wildman–Crippen MR) is 114 cm³/mol. The number of aryl methyl sites for hydroxylation is 1. The molecule has 2 fully saturated rings. The molecule has 0 bridgehead atoms. The monoisotopic (exact) mass is 395 g/mol. The molecule has 0 spiro atoms. The Labute approximate surface area is 166 Å². The first kappa shape index (κ1) is 20.0. The fourth-order valence-corrected chi connectivity index (χ4v) is 5.78. The Bertz CT molecular complexity index is 574. The van der Waals surface area contributed by atoms with Crippen LogP contribution in [0, 0.1) is 0 Å². The van der Waals surface area contributed by atoms with Crippen LogP contribution >= 0.6 is 23.1 Å². The van der Waals surface area contributed by atoms with Crippen LogP contribution in [-0.2, 0) is 13.0 Å². The highest BCUT2D eigenvalue weighted by Gasteiger charge is 2.38. The molecule has 1 aromatic rings. The van der Waals surface area contributed by atoms with E-state index in [4.69, 9.17) is 0 Å². The Morgan fingerprint density at radius 1 is 1.23 bits per heavy atom. The van der Waals surface area contributed by atoms with Gasteiger partial charge in [-0.3, -0.25) is 9.89 Å². The van der Waals surface area contributed by atoms with Crippen molar-refractivity contribution < 1.29 is 0 Å². The topological polar surface area (TPSA) is 52.6 Å². The molecule has 1 aliphatic heterocycles. The number of rotatable bonds is 6. The zero-order valence-electron chi connectivity index (χ0n) is 16.2. The summed E-state index contributed by atoms with van der Waals surface area (Å²) < 4.78 is 0. The summed E-state index contributed by atoms with van der Waals surface area (Å²) in [6.07, 6.45) is 9.78. The fraction of sp³-hybridized carbons (Fsp3) is 0.789. The SMILES string of the molecule is CCc1cnc(CNC(=NC)NCC2(N3CCSCC3)CCCCC2)s1. The maximum Gasteiger partial charge on any atom is 0.191 e. The van der Waals surface area contributed by atoms with E-state index in [0.717, 1.165) is 30.5 Å². The Hall–Kier alpha value is -0.790. The summed E-state index contributed by atoms with van der Waals surface area (Å²) >= 11 is 3.88. The van der Waals surface area contributed by atoms with Gasteiger partial charge in [-0.25, -0.2) is 4.98 Å². The number of thiazole rings is 1. The summed E-state index contributed by atoms with van der Waals surface area (Å²) in [6.45, 7) is 6.38. The normalized spacial score (nSPS) is 21.5. The van der Waals surface area contributed by atoms with E-state index >= 15 is 0 Å². The molecule has 1 aliphatic carbocycles. The van der Waals surface area contributed by atoms with Crippen LogP contribution in [0.3, 0.4) is 0 Å². The molecule has 0 amide bonds. The maximum atomic E-state index is 4.49. The third-order valence-corrected chi connectivity index (χ3v) is 7.72. The highest BCUT2D eigenvalue weighted by atomic mass is 32.2. The minimum Gasteiger partial charge on any atom is -0.355 e. The molecule has 1 saturated carbocycles. The van der Waals surface area contributed by atoms with Crippen LogP contribution in [-0.4, -0.2) is 59.6 Å². The first-order valence-corrected chi connectivity index (χ1v) is 11.9. The van der Waals surface area contributed by atoms with Crippen molar-refractivity contribution in [3.05, 3.63) is 16.1 Å². The van der Waals surface area contributed by atoms with Gasteiger partial charge in [0.2, 0.25) is 0 Å². The lowest BCUT2D eigenvalue weighted by atomic mass is 9.80. The minimum atomic E-state index is 0.313. The van der Waals surface area contributed by atoms with Crippen molar-refractivity contribution in [3.63, 3.8) is 0 Å². The van der Waals surface area contributed by atoms with E-state index in [0.29, 0.717) is 5.54 Å². The molecule has 0 radical (unpaired) electrons. The molecule has 0 aromatic carbocycles. The smallest absolute Gasteiger partial charge is 0.191 e. The lowest BCUT2D eigenvalue weighted by Gasteiger charge is -2.48. The molecule has 0 atom stereocenters. The zero-order valence-corrected chi connectivity index (χ0v) is 17.9. The van der Waals surface area contributed by atoms with Gasteiger partial charge in [0.25, 0.3) is 0 Å². The van der Waals surface area contributed by atoms with Gasteiger partial charge < -0.3 is 10.6 Å². The third kappa shape index (κ3) is 5.14. The number of hydrogen-bond donors (Lipinski definition) is 2. The van der Waals surface area contributed by atoms with E-state index < -0.39 is 0 Å². The lowest BCUT2D eigenvalue weighted by Crippen LogP contribution is -2.59. The van der Waals surface area contributed by atoms with Crippen LogP contribution in [0.2, 0.25) is 0 Å². The third-order valence-electron chi connectivity index (χ3n) is 5.63. The fourth-order valence-electron chi connectivity index (χ4n) is 4.07. The van der Waals surface area contributed by atoms with Crippen molar-refractivity contribution in [2.75, 3.05) is 38.2 Å². The van der Waals surface area contributed by atoms with Gasteiger partial charge in [0.1, 0.15) is 5.01 Å². The van der Waals surface area contributed by atoms with Gasteiger partial charge in [-0.15, -0.1) is 11.3 Å². The molecule has 26 heavy (non-hydrogen) atoms. The Morgan fingerprint density at radius 3 is 2.65 bits per heavy atom. The van der Waals surface area contributed by atoms with Crippen LogP contribution in [0.5, 0.6) is 0 Å². The van der Waals surface area contributed by atoms with Crippen LogP contribution in [0.1, 0.15) is 48.9 Å². The van der Waals surface area contributed by atoms with E-state index in [9.17, 15) is 0 Å². The van der Waals surface area contributed by atoms with Crippen LogP contribution in [0.25, 0.3) is 0 Å². The highest BCUT2D eigenvalue weighted by molar-refractivity contribution is 7.99. The number of hydrogen-bond acceptors (Lipinski definition) is 5. The van der Waals surface area contributed by atoms with Crippen molar-refractivity contribution in [2.24, 2.45) is 4.99 Å². The maximum absolute atomic E-state index is 4.49. The quantitative estimate of drug-likeness (QED) is 0.572. The Kier molecular flexibility index (Phi) is 7.64. The number of thioether (sulfide) groups is 1. The van der Waals surface area contributed by atoms with E-state index in [-0.39, 0.29) is 0 Å². The first-order chi connectivity index (χ1) is 12.8. The van der Waals surface area contributed by atoms with Gasteiger partial charge in [0, 0.05) is 54.8 Å². The largest absolute Gasteiger partial charge is 0.355 e. The number of aromatic nitrogens is 1. The lowest BCUT2D eigenvalue weighted by molar-refractivity contribution is 0.0626. The molecular formula is C19H33N5S2. The molecule has 3 rings (SSSR count). The predicted octanol–water partition coefficient (Wildman–Crippen LogP) is 3.12. The molecule has 1 saturated heterocycles. The summed E-state index contributed by atoms with van der Waals surface area (Å²) in [7, 11) is 1.86. The first-order valence-electron chi connectivity index (χ1n) is 9.96. The van der Waals surface area contributed by atoms with Gasteiger partial charge in [-0.2, -0.15) is 11.8 Å². The molecule has 2 aliphatic rings. The Balaban J connectivity index is 1.55.